The second-order valence-corrected chi connectivity index (χ2v) is 3.89. The molecule has 0 aromatic rings. The monoisotopic (exact) mass is 201 g/mol. The highest BCUT2D eigenvalue weighted by Crippen LogP contribution is 2.10. The molecule has 4 nitrogen and oxygen atoms in total. The van der Waals surface area contributed by atoms with E-state index < -0.39 is 5.97 Å². The van der Waals surface area contributed by atoms with Crippen molar-refractivity contribution in [2.75, 3.05) is 20.6 Å². The van der Waals surface area contributed by atoms with Crippen LogP contribution in [0.4, 0.5) is 0 Å². The number of nitrogens with zero attached hydrogens (tertiary/aromatic N) is 1. The second-order valence-electron chi connectivity index (χ2n) is 3.89. The highest BCUT2D eigenvalue weighted by Gasteiger charge is 2.16. The SMILES string of the molecule is C=CC(=O)O.CN(C)CC(C)(C)C=O. The number of hydrogen-bond donors (Lipinski definition) is 1. The van der Waals surface area contributed by atoms with Crippen molar-refractivity contribution in [1.29, 1.82) is 0 Å². The molecule has 82 valence electrons. The van der Waals surface area contributed by atoms with Crippen LogP contribution in [-0.4, -0.2) is 42.9 Å². The van der Waals surface area contributed by atoms with Crippen molar-refractivity contribution in [2.24, 2.45) is 5.41 Å². The molecule has 0 aliphatic rings. The van der Waals surface area contributed by atoms with Crippen LogP contribution in [0.1, 0.15) is 13.8 Å². The summed E-state index contributed by atoms with van der Waals surface area (Å²) in [6.45, 7) is 7.64. The third kappa shape index (κ3) is 13.4. The number of aldehydes is 1. The maximum absolute atomic E-state index is 10.3. The molecular weight excluding hydrogens is 182 g/mol. The van der Waals surface area contributed by atoms with Crippen molar-refractivity contribution in [1.82, 2.24) is 4.90 Å². The predicted octanol–water partition coefficient (Wildman–Crippen LogP) is 1.03. The molecule has 0 saturated carbocycles. The summed E-state index contributed by atoms with van der Waals surface area (Å²) in [5.41, 5.74) is -0.191. The van der Waals surface area contributed by atoms with E-state index in [9.17, 15) is 9.59 Å². The summed E-state index contributed by atoms with van der Waals surface area (Å²) in [7, 11) is 3.93. The smallest absolute Gasteiger partial charge is 0.327 e. The summed E-state index contributed by atoms with van der Waals surface area (Å²) in [6.07, 6.45) is 1.83. The first-order valence-electron chi connectivity index (χ1n) is 4.21. The molecule has 1 N–H and O–H groups in total. The normalized spacial score (nSPS) is 10.1. The average Bonchev–Trinajstić information content (AvgIpc) is 2.03. The van der Waals surface area contributed by atoms with E-state index >= 15 is 0 Å². The van der Waals surface area contributed by atoms with E-state index in [1.807, 2.05) is 32.8 Å². The third-order valence-electron chi connectivity index (χ3n) is 1.22. The van der Waals surface area contributed by atoms with Gasteiger partial charge in [0.05, 0.1) is 0 Å². The third-order valence-corrected chi connectivity index (χ3v) is 1.22. The lowest BCUT2D eigenvalue weighted by molar-refractivity contribution is -0.131. The minimum Gasteiger partial charge on any atom is -0.478 e. The number of carbonyl (C=O) groups excluding carboxylic acids is 1. The molecule has 0 aromatic carbocycles. The van der Waals surface area contributed by atoms with Crippen LogP contribution in [-0.2, 0) is 9.59 Å². The minimum absolute atomic E-state index is 0.191. The van der Waals surface area contributed by atoms with Gasteiger partial charge >= 0.3 is 5.97 Å². The average molecular weight is 201 g/mol. The van der Waals surface area contributed by atoms with Crippen LogP contribution < -0.4 is 0 Å². The number of carboxylic acid groups (broad SMARTS) is 1. The molecule has 0 saturated heterocycles. The van der Waals surface area contributed by atoms with Crippen LogP contribution in [0.2, 0.25) is 0 Å². The van der Waals surface area contributed by atoms with Gasteiger partial charge in [-0.05, 0) is 14.1 Å². The van der Waals surface area contributed by atoms with E-state index in [0.717, 1.165) is 18.9 Å². The quantitative estimate of drug-likeness (QED) is 0.545. The Kier molecular flexibility index (Phi) is 7.95. The Hall–Kier alpha value is -1.16. The first-order valence-corrected chi connectivity index (χ1v) is 4.21. The van der Waals surface area contributed by atoms with Crippen molar-refractivity contribution in [2.45, 2.75) is 13.8 Å². The summed E-state index contributed by atoms with van der Waals surface area (Å²) in [6, 6.07) is 0. The molecule has 0 heterocycles. The maximum Gasteiger partial charge on any atom is 0.327 e. The van der Waals surface area contributed by atoms with E-state index in [1.165, 1.54) is 0 Å². The van der Waals surface area contributed by atoms with Gasteiger partial charge in [0.25, 0.3) is 0 Å². The fraction of sp³-hybridized carbons (Fsp3) is 0.600. The summed E-state index contributed by atoms with van der Waals surface area (Å²) in [5, 5.41) is 7.60. The Bertz CT molecular complexity index is 198. The Labute approximate surface area is 85.2 Å². The molecule has 0 bridgehead atoms. The van der Waals surface area contributed by atoms with Crippen LogP contribution in [0.15, 0.2) is 12.7 Å². The van der Waals surface area contributed by atoms with Gasteiger partial charge in [-0.1, -0.05) is 20.4 Å². The van der Waals surface area contributed by atoms with E-state index in [0.29, 0.717) is 0 Å². The summed E-state index contributed by atoms with van der Waals surface area (Å²) in [4.78, 5) is 21.6. The van der Waals surface area contributed by atoms with Crippen LogP contribution in [0.5, 0.6) is 0 Å². The number of carbonyl (C=O) groups is 2. The van der Waals surface area contributed by atoms with Gasteiger partial charge in [-0.3, -0.25) is 0 Å². The molecule has 0 aromatic heterocycles. The van der Waals surface area contributed by atoms with E-state index in [-0.39, 0.29) is 5.41 Å². The standard InChI is InChI=1S/C7H15NO.C3H4O2/c1-7(2,6-9)5-8(3)4;1-2-3(4)5/h6H,5H2,1-4H3;2H,1H2,(H,4,5). The number of aliphatic carboxylic acids is 1. The van der Waals surface area contributed by atoms with Gasteiger partial charge in [0.1, 0.15) is 6.29 Å². The first kappa shape index (κ1) is 15.3. The molecule has 0 fully saturated rings. The van der Waals surface area contributed by atoms with E-state index in [2.05, 4.69) is 6.58 Å². The molecule has 4 heteroatoms. The van der Waals surface area contributed by atoms with Crippen LogP contribution in [0.25, 0.3) is 0 Å². The van der Waals surface area contributed by atoms with Gasteiger partial charge in [0.2, 0.25) is 0 Å². The molecule has 0 spiro atoms. The molecule has 0 amide bonds. The molecule has 0 atom stereocenters. The molecule has 0 aliphatic carbocycles. The lowest BCUT2D eigenvalue weighted by atomic mass is 9.96. The number of rotatable bonds is 4. The molecule has 0 radical (unpaired) electrons. The number of carboxylic acids is 1. The fourth-order valence-electron chi connectivity index (χ4n) is 0.852. The van der Waals surface area contributed by atoms with E-state index in [4.69, 9.17) is 5.11 Å². The predicted molar refractivity (Wildman–Crippen MR) is 56.2 cm³/mol. The Balaban J connectivity index is 0. The van der Waals surface area contributed by atoms with Crippen molar-refractivity contribution in [3.8, 4) is 0 Å². The Morgan fingerprint density at radius 1 is 1.50 bits per heavy atom. The van der Waals surface area contributed by atoms with Gasteiger partial charge < -0.3 is 14.8 Å². The topological polar surface area (TPSA) is 57.6 Å². The van der Waals surface area contributed by atoms with Crippen molar-refractivity contribution in [3.63, 3.8) is 0 Å². The molecule has 0 rings (SSSR count). The highest BCUT2D eigenvalue weighted by molar-refractivity contribution is 5.78. The Morgan fingerprint density at radius 3 is 1.93 bits per heavy atom. The van der Waals surface area contributed by atoms with Crippen molar-refractivity contribution >= 4 is 12.3 Å². The zero-order valence-corrected chi connectivity index (χ0v) is 9.28. The van der Waals surface area contributed by atoms with Gasteiger partial charge in [-0.15, -0.1) is 0 Å². The highest BCUT2D eigenvalue weighted by atomic mass is 16.4. The summed E-state index contributed by atoms with van der Waals surface area (Å²) < 4.78 is 0. The van der Waals surface area contributed by atoms with Gasteiger partial charge in [-0.25, -0.2) is 4.79 Å². The van der Waals surface area contributed by atoms with Crippen LogP contribution in [0, 0.1) is 5.41 Å². The van der Waals surface area contributed by atoms with Crippen LogP contribution in [0.3, 0.4) is 0 Å². The van der Waals surface area contributed by atoms with Crippen molar-refractivity contribution in [3.05, 3.63) is 12.7 Å². The molecule has 0 aliphatic heterocycles. The lowest BCUT2D eigenvalue weighted by Crippen LogP contribution is -2.29. The maximum atomic E-state index is 10.3. The number of hydrogen-bond acceptors (Lipinski definition) is 3. The summed E-state index contributed by atoms with van der Waals surface area (Å²) >= 11 is 0. The Morgan fingerprint density at radius 2 is 1.86 bits per heavy atom. The van der Waals surface area contributed by atoms with Gasteiger partial charge in [-0.2, -0.15) is 0 Å². The van der Waals surface area contributed by atoms with Gasteiger partial charge in [0.15, 0.2) is 0 Å². The molecule has 14 heavy (non-hydrogen) atoms. The fourth-order valence-corrected chi connectivity index (χ4v) is 0.852. The minimum atomic E-state index is -0.981. The largest absolute Gasteiger partial charge is 0.478 e. The molecular formula is C10H19NO3. The zero-order valence-electron chi connectivity index (χ0n) is 9.28. The first-order chi connectivity index (χ1) is 6.25. The van der Waals surface area contributed by atoms with Crippen LogP contribution >= 0.6 is 0 Å². The molecule has 0 unspecified atom stereocenters. The lowest BCUT2D eigenvalue weighted by Gasteiger charge is -2.21. The summed E-state index contributed by atoms with van der Waals surface area (Å²) in [5.74, 6) is -0.981. The second kappa shape index (κ2) is 7.26. The van der Waals surface area contributed by atoms with E-state index in [1.54, 1.807) is 0 Å². The van der Waals surface area contributed by atoms with Gasteiger partial charge in [0, 0.05) is 18.0 Å². The van der Waals surface area contributed by atoms with Crippen molar-refractivity contribution < 1.29 is 14.7 Å². The zero-order chi connectivity index (χ0) is 11.8.